The predicted molar refractivity (Wildman–Crippen MR) is 115 cm³/mol. The monoisotopic (exact) mass is 389 g/mol. The molecule has 0 atom stereocenters. The van der Waals surface area contributed by atoms with E-state index in [1.54, 1.807) is 11.3 Å². The van der Waals surface area contributed by atoms with Gasteiger partial charge in [0.1, 0.15) is 16.5 Å². The Morgan fingerprint density at radius 2 is 1.39 bits per heavy atom. The summed E-state index contributed by atoms with van der Waals surface area (Å²) in [5, 5.41) is 3.27. The van der Waals surface area contributed by atoms with Crippen molar-refractivity contribution in [1.82, 2.24) is 19.9 Å². The second-order valence-electron chi connectivity index (χ2n) is 7.09. The highest BCUT2D eigenvalue weighted by atomic mass is 32.1. The molecule has 5 nitrogen and oxygen atoms in total. The van der Waals surface area contributed by atoms with Gasteiger partial charge in [-0.2, -0.15) is 0 Å². The molecule has 0 aliphatic carbocycles. The van der Waals surface area contributed by atoms with Crippen molar-refractivity contribution in [2.45, 2.75) is 40.8 Å². The lowest BCUT2D eigenvalue weighted by Gasteiger charge is -2.25. The molecule has 0 spiro atoms. The van der Waals surface area contributed by atoms with Crippen LogP contribution in [0.3, 0.4) is 0 Å². The van der Waals surface area contributed by atoms with Crippen LogP contribution in [-0.4, -0.2) is 19.9 Å². The molecule has 4 aromatic heterocycles. The first-order valence-electron chi connectivity index (χ1n) is 9.32. The lowest BCUT2D eigenvalue weighted by atomic mass is 10.2. The fourth-order valence-electron chi connectivity index (χ4n) is 3.37. The minimum Gasteiger partial charge on any atom is -0.344 e. The fourth-order valence-corrected chi connectivity index (χ4v) is 4.33. The summed E-state index contributed by atoms with van der Waals surface area (Å²) in [6.45, 7) is 9.44. The highest BCUT2D eigenvalue weighted by Crippen LogP contribution is 2.33. The third kappa shape index (κ3) is 3.87. The van der Waals surface area contributed by atoms with Crippen LogP contribution >= 0.6 is 11.3 Å². The van der Waals surface area contributed by atoms with Gasteiger partial charge in [-0.25, -0.2) is 9.97 Å². The molecule has 4 aromatic rings. The van der Waals surface area contributed by atoms with Crippen molar-refractivity contribution in [3.8, 4) is 0 Å². The second-order valence-corrected chi connectivity index (χ2v) is 7.95. The highest BCUT2D eigenvalue weighted by Gasteiger charge is 2.18. The summed E-state index contributed by atoms with van der Waals surface area (Å²) < 4.78 is 0. The summed E-state index contributed by atoms with van der Waals surface area (Å²) in [5.74, 6) is 1.73. The van der Waals surface area contributed by atoms with E-state index >= 15 is 0 Å². The van der Waals surface area contributed by atoms with Crippen molar-refractivity contribution < 1.29 is 0 Å². The smallest absolute Gasteiger partial charge is 0.142 e. The first-order valence-corrected chi connectivity index (χ1v) is 10.2. The maximum absolute atomic E-state index is 4.84. The number of anilines is 1. The molecule has 0 saturated carbocycles. The van der Waals surface area contributed by atoms with Crippen LogP contribution < -0.4 is 4.90 Å². The van der Waals surface area contributed by atoms with Gasteiger partial charge in [-0.3, -0.25) is 9.97 Å². The van der Waals surface area contributed by atoms with Crippen molar-refractivity contribution >= 4 is 27.4 Å². The molecule has 0 saturated heterocycles. The van der Waals surface area contributed by atoms with Crippen LogP contribution in [0, 0.1) is 27.7 Å². The number of pyridine rings is 2. The summed E-state index contributed by atoms with van der Waals surface area (Å²) in [4.78, 5) is 22.2. The summed E-state index contributed by atoms with van der Waals surface area (Å²) in [7, 11) is 0. The van der Waals surface area contributed by atoms with E-state index in [-0.39, 0.29) is 0 Å². The molecular weight excluding hydrogens is 366 g/mol. The molecule has 0 unspecified atom stereocenters. The van der Waals surface area contributed by atoms with E-state index in [2.05, 4.69) is 46.5 Å². The van der Waals surface area contributed by atoms with E-state index in [0.29, 0.717) is 13.1 Å². The summed E-state index contributed by atoms with van der Waals surface area (Å²) in [5.41, 5.74) is 5.27. The van der Waals surface area contributed by atoms with Gasteiger partial charge in [-0.15, -0.1) is 11.3 Å². The van der Waals surface area contributed by atoms with Crippen LogP contribution in [0.25, 0.3) is 10.2 Å². The lowest BCUT2D eigenvalue weighted by molar-refractivity contribution is 0.747. The number of aryl methyl sites for hydroxylation is 4. The third-order valence-electron chi connectivity index (χ3n) is 4.61. The molecule has 0 aromatic carbocycles. The first kappa shape index (κ1) is 18.5. The molecule has 0 aliphatic heterocycles. The van der Waals surface area contributed by atoms with E-state index in [9.17, 15) is 0 Å². The van der Waals surface area contributed by atoms with Gasteiger partial charge < -0.3 is 4.90 Å². The Bertz CT molecular complexity index is 1090. The minimum absolute atomic E-state index is 0.665. The number of thiophene rings is 1. The van der Waals surface area contributed by atoms with Crippen LogP contribution in [0.15, 0.2) is 41.8 Å². The Hall–Kier alpha value is -2.86. The van der Waals surface area contributed by atoms with Gasteiger partial charge in [-0.1, -0.05) is 12.1 Å². The second kappa shape index (κ2) is 7.64. The van der Waals surface area contributed by atoms with Crippen LogP contribution in [0.1, 0.15) is 34.2 Å². The van der Waals surface area contributed by atoms with E-state index in [0.717, 1.165) is 44.6 Å². The molecule has 6 heteroatoms. The Balaban J connectivity index is 1.81. The Morgan fingerprint density at radius 1 is 0.786 bits per heavy atom. The number of fused-ring (bicyclic) bond motifs is 1. The zero-order valence-electron chi connectivity index (χ0n) is 16.6. The van der Waals surface area contributed by atoms with Crippen LogP contribution in [0.4, 0.5) is 5.82 Å². The van der Waals surface area contributed by atoms with Gasteiger partial charge in [0.25, 0.3) is 0 Å². The predicted octanol–water partition coefficient (Wildman–Crippen LogP) is 4.92. The highest BCUT2D eigenvalue weighted by molar-refractivity contribution is 7.17. The molecule has 142 valence electrons. The van der Waals surface area contributed by atoms with Crippen molar-refractivity contribution in [3.05, 3.63) is 75.9 Å². The Morgan fingerprint density at radius 3 is 1.96 bits per heavy atom. The molecule has 0 N–H and O–H groups in total. The van der Waals surface area contributed by atoms with Crippen LogP contribution in [0.2, 0.25) is 0 Å². The molecule has 0 radical (unpaired) electrons. The van der Waals surface area contributed by atoms with Gasteiger partial charge >= 0.3 is 0 Å². The van der Waals surface area contributed by atoms with Crippen molar-refractivity contribution in [2.24, 2.45) is 0 Å². The number of nitrogens with zero attached hydrogens (tertiary/aromatic N) is 5. The number of rotatable bonds is 5. The maximum Gasteiger partial charge on any atom is 0.142 e. The van der Waals surface area contributed by atoms with E-state index < -0.39 is 0 Å². The van der Waals surface area contributed by atoms with Gasteiger partial charge in [0.2, 0.25) is 0 Å². The number of hydrogen-bond acceptors (Lipinski definition) is 6. The number of hydrogen-bond donors (Lipinski definition) is 0. The SMILES string of the molecule is Cc1cccc(CN(Cc2cccc(C)n2)c2nc(C)nc3scc(C)c23)n1. The fraction of sp³-hybridized carbons (Fsp3) is 0.273. The average Bonchev–Trinajstić information content (AvgIpc) is 3.01. The minimum atomic E-state index is 0.665. The maximum atomic E-state index is 4.84. The molecule has 0 bridgehead atoms. The van der Waals surface area contributed by atoms with Gasteiger partial charge in [0.15, 0.2) is 0 Å². The van der Waals surface area contributed by atoms with Crippen LogP contribution in [-0.2, 0) is 13.1 Å². The van der Waals surface area contributed by atoms with Gasteiger partial charge in [0, 0.05) is 11.4 Å². The molecule has 28 heavy (non-hydrogen) atoms. The quantitative estimate of drug-likeness (QED) is 0.485. The summed E-state index contributed by atoms with van der Waals surface area (Å²) in [6, 6.07) is 12.3. The van der Waals surface area contributed by atoms with Gasteiger partial charge in [0.05, 0.1) is 29.9 Å². The van der Waals surface area contributed by atoms with Crippen LogP contribution in [0.5, 0.6) is 0 Å². The largest absolute Gasteiger partial charge is 0.344 e. The standard InChI is InChI=1S/C22H23N5S/c1-14-13-28-22-20(14)21(25-17(4)26-22)27(11-18-9-5-7-15(2)23-18)12-19-10-6-8-16(3)24-19/h5-10,13H,11-12H2,1-4H3. The molecule has 0 fully saturated rings. The molecule has 4 heterocycles. The Labute approximate surface area is 169 Å². The lowest BCUT2D eigenvalue weighted by Crippen LogP contribution is -2.25. The van der Waals surface area contributed by atoms with Gasteiger partial charge in [-0.05, 0) is 62.9 Å². The van der Waals surface area contributed by atoms with Crippen molar-refractivity contribution in [1.29, 1.82) is 0 Å². The normalized spacial score (nSPS) is 11.1. The van der Waals surface area contributed by atoms with E-state index in [4.69, 9.17) is 15.0 Å². The molecule has 0 aliphatic rings. The zero-order valence-corrected chi connectivity index (χ0v) is 17.4. The molecular formula is C22H23N5S. The van der Waals surface area contributed by atoms with Crippen molar-refractivity contribution in [2.75, 3.05) is 4.90 Å². The first-order chi connectivity index (χ1) is 13.5. The summed E-state index contributed by atoms with van der Waals surface area (Å²) in [6.07, 6.45) is 0. The average molecular weight is 390 g/mol. The van der Waals surface area contributed by atoms with E-state index in [1.165, 1.54) is 5.56 Å². The summed E-state index contributed by atoms with van der Waals surface area (Å²) >= 11 is 1.67. The topological polar surface area (TPSA) is 54.8 Å². The zero-order chi connectivity index (χ0) is 19.7. The Kier molecular flexibility index (Phi) is 5.05. The third-order valence-corrected chi connectivity index (χ3v) is 5.60. The molecule has 4 rings (SSSR count). The van der Waals surface area contributed by atoms with E-state index in [1.807, 2.05) is 32.9 Å². The van der Waals surface area contributed by atoms with Crippen molar-refractivity contribution in [3.63, 3.8) is 0 Å². The number of aromatic nitrogens is 4. The molecule has 0 amide bonds.